The van der Waals surface area contributed by atoms with E-state index in [9.17, 15) is 0 Å². The minimum absolute atomic E-state index is 0.489. The molecule has 78 valence electrons. The van der Waals surface area contributed by atoms with Crippen molar-refractivity contribution in [3.05, 3.63) is 30.9 Å². The normalized spacial score (nSPS) is 10.7. The van der Waals surface area contributed by atoms with Crippen molar-refractivity contribution in [2.24, 2.45) is 0 Å². The molecule has 0 spiro atoms. The van der Waals surface area contributed by atoms with Crippen molar-refractivity contribution < 1.29 is 0 Å². The third-order valence-electron chi connectivity index (χ3n) is 1.76. The minimum Gasteiger partial charge on any atom is -0.231 e. The highest BCUT2D eigenvalue weighted by atomic mass is 127. The van der Waals surface area contributed by atoms with Crippen molar-refractivity contribution in [2.45, 2.75) is 6.92 Å². The second-order valence-electron chi connectivity index (χ2n) is 2.87. The van der Waals surface area contributed by atoms with E-state index in [1.807, 2.05) is 18.4 Å². The fraction of sp³-hybridized carbons (Fsp3) is 0.111. The summed E-state index contributed by atoms with van der Waals surface area (Å²) in [5, 5.41) is 3.04. The van der Waals surface area contributed by atoms with Crippen LogP contribution in [-0.4, -0.2) is 9.97 Å². The van der Waals surface area contributed by atoms with Gasteiger partial charge in [-0.1, -0.05) is 23.2 Å². The van der Waals surface area contributed by atoms with Crippen LogP contribution in [0.2, 0.25) is 10.2 Å². The Balaban J connectivity index is 2.55. The Morgan fingerprint density at radius 3 is 2.60 bits per heavy atom. The van der Waals surface area contributed by atoms with Gasteiger partial charge in [0.25, 0.3) is 0 Å². The molecule has 2 aromatic rings. The first-order valence-corrected chi connectivity index (χ1v) is 6.73. The molecule has 2 heterocycles. The third-order valence-corrected chi connectivity index (χ3v) is 4.92. The van der Waals surface area contributed by atoms with Gasteiger partial charge in [0.15, 0.2) is 5.82 Å². The van der Waals surface area contributed by atoms with Gasteiger partial charge in [-0.3, -0.25) is 0 Å². The van der Waals surface area contributed by atoms with Crippen LogP contribution >= 0.6 is 57.1 Å². The predicted octanol–water partition coefficient (Wildman–Crippen LogP) is 4.42. The molecule has 0 unspecified atom stereocenters. The first-order valence-electron chi connectivity index (χ1n) is 4.02. The van der Waals surface area contributed by atoms with Crippen LogP contribution in [-0.2, 0) is 0 Å². The molecule has 0 atom stereocenters. The number of nitrogens with zero attached hydrogens (tertiary/aromatic N) is 2. The second-order valence-corrected chi connectivity index (χ2v) is 5.65. The fourth-order valence-electron chi connectivity index (χ4n) is 1.06. The van der Waals surface area contributed by atoms with E-state index in [0.717, 1.165) is 14.1 Å². The molecular weight excluding hydrogens is 366 g/mol. The van der Waals surface area contributed by atoms with E-state index >= 15 is 0 Å². The number of rotatable bonds is 1. The minimum atomic E-state index is 0.489. The Labute approximate surface area is 115 Å². The topological polar surface area (TPSA) is 25.8 Å². The molecule has 0 aliphatic carbocycles. The average molecular weight is 371 g/mol. The van der Waals surface area contributed by atoms with Crippen LogP contribution < -0.4 is 0 Å². The number of aromatic nitrogens is 2. The largest absolute Gasteiger partial charge is 0.231 e. The Bertz CT molecular complexity index is 490. The van der Waals surface area contributed by atoms with Crippen LogP contribution in [0.4, 0.5) is 0 Å². The van der Waals surface area contributed by atoms with Crippen molar-refractivity contribution >= 4 is 57.1 Å². The highest BCUT2D eigenvalue weighted by molar-refractivity contribution is 14.1. The SMILES string of the molecule is Cc1nc(-c2cc(Cl)cs2)nc(Cl)c1I. The number of aryl methyl sites for hydroxylation is 1. The lowest BCUT2D eigenvalue weighted by molar-refractivity contribution is 1.10. The summed E-state index contributed by atoms with van der Waals surface area (Å²) in [5.74, 6) is 0.634. The van der Waals surface area contributed by atoms with Crippen LogP contribution in [0.3, 0.4) is 0 Å². The van der Waals surface area contributed by atoms with Gasteiger partial charge in [-0.25, -0.2) is 9.97 Å². The maximum atomic E-state index is 5.99. The number of halogens is 3. The smallest absolute Gasteiger partial charge is 0.171 e. The fourth-order valence-corrected chi connectivity index (χ4v) is 2.53. The standard InChI is InChI=1S/C9H5Cl2IN2S/c1-4-7(12)8(11)14-9(13-4)6-2-5(10)3-15-6/h2-3H,1H3. The van der Waals surface area contributed by atoms with Crippen LogP contribution in [0.1, 0.15) is 5.69 Å². The maximum absolute atomic E-state index is 5.99. The molecule has 2 nitrogen and oxygen atoms in total. The summed E-state index contributed by atoms with van der Waals surface area (Å²) in [6.45, 7) is 1.91. The molecule has 0 N–H and O–H groups in total. The molecule has 2 rings (SSSR count). The van der Waals surface area contributed by atoms with E-state index in [4.69, 9.17) is 23.2 Å². The zero-order valence-corrected chi connectivity index (χ0v) is 12.1. The average Bonchev–Trinajstić information content (AvgIpc) is 2.60. The molecule has 15 heavy (non-hydrogen) atoms. The van der Waals surface area contributed by atoms with Crippen LogP contribution in [0.15, 0.2) is 11.4 Å². The Morgan fingerprint density at radius 1 is 1.33 bits per heavy atom. The monoisotopic (exact) mass is 370 g/mol. The van der Waals surface area contributed by atoms with E-state index in [0.29, 0.717) is 16.0 Å². The summed E-state index contributed by atoms with van der Waals surface area (Å²) in [6.07, 6.45) is 0. The molecule has 0 radical (unpaired) electrons. The zero-order chi connectivity index (χ0) is 11.0. The molecule has 0 saturated heterocycles. The lowest BCUT2D eigenvalue weighted by atomic mass is 10.4. The molecule has 0 aromatic carbocycles. The molecule has 0 aliphatic rings. The first kappa shape index (κ1) is 11.6. The highest BCUT2D eigenvalue weighted by Crippen LogP contribution is 2.29. The number of thiophene rings is 1. The molecule has 2 aromatic heterocycles. The molecule has 0 fully saturated rings. The molecular formula is C9H5Cl2IN2S. The van der Waals surface area contributed by atoms with Crippen molar-refractivity contribution in [3.63, 3.8) is 0 Å². The summed E-state index contributed by atoms with van der Waals surface area (Å²) in [5.41, 5.74) is 0.884. The van der Waals surface area contributed by atoms with Crippen molar-refractivity contribution in [1.82, 2.24) is 9.97 Å². The summed E-state index contributed by atoms with van der Waals surface area (Å²) in [4.78, 5) is 9.51. The molecule has 0 bridgehead atoms. The van der Waals surface area contributed by atoms with Gasteiger partial charge in [-0.05, 0) is 35.6 Å². The lowest BCUT2D eigenvalue weighted by Gasteiger charge is -2.02. The summed E-state index contributed by atoms with van der Waals surface area (Å²) in [6, 6.07) is 1.84. The predicted molar refractivity (Wildman–Crippen MR) is 72.8 cm³/mol. The number of hydrogen-bond acceptors (Lipinski definition) is 3. The number of hydrogen-bond donors (Lipinski definition) is 0. The van der Waals surface area contributed by atoms with Crippen molar-refractivity contribution in [3.8, 4) is 10.7 Å². The Kier molecular flexibility index (Phi) is 3.49. The lowest BCUT2D eigenvalue weighted by Crippen LogP contribution is -1.95. The van der Waals surface area contributed by atoms with Crippen molar-refractivity contribution in [2.75, 3.05) is 0 Å². The van der Waals surface area contributed by atoms with Crippen LogP contribution in [0.5, 0.6) is 0 Å². The van der Waals surface area contributed by atoms with Crippen molar-refractivity contribution in [1.29, 1.82) is 0 Å². The van der Waals surface area contributed by atoms with E-state index in [2.05, 4.69) is 32.6 Å². The molecule has 0 aliphatic heterocycles. The third kappa shape index (κ3) is 2.43. The second kappa shape index (κ2) is 4.53. The van der Waals surface area contributed by atoms with Crippen LogP contribution in [0.25, 0.3) is 10.7 Å². The van der Waals surface area contributed by atoms with E-state index in [1.165, 1.54) is 11.3 Å². The van der Waals surface area contributed by atoms with E-state index in [-0.39, 0.29) is 0 Å². The summed E-state index contributed by atoms with van der Waals surface area (Å²) >= 11 is 15.5. The quantitative estimate of drug-likeness (QED) is 0.548. The summed E-state index contributed by atoms with van der Waals surface area (Å²) in [7, 11) is 0. The van der Waals surface area contributed by atoms with E-state index < -0.39 is 0 Å². The maximum Gasteiger partial charge on any atom is 0.171 e. The van der Waals surface area contributed by atoms with Gasteiger partial charge in [-0.15, -0.1) is 11.3 Å². The van der Waals surface area contributed by atoms with Gasteiger partial charge in [-0.2, -0.15) is 0 Å². The van der Waals surface area contributed by atoms with Gasteiger partial charge in [0.05, 0.1) is 19.2 Å². The Morgan fingerprint density at radius 2 is 2.07 bits per heavy atom. The molecule has 6 heteroatoms. The van der Waals surface area contributed by atoms with Crippen LogP contribution in [0, 0.1) is 10.5 Å². The highest BCUT2D eigenvalue weighted by Gasteiger charge is 2.10. The van der Waals surface area contributed by atoms with Gasteiger partial charge in [0.1, 0.15) is 5.15 Å². The molecule has 0 saturated carbocycles. The Hall–Kier alpha value is 0.0900. The summed E-state index contributed by atoms with van der Waals surface area (Å²) < 4.78 is 0.890. The first-order chi connectivity index (χ1) is 7.08. The molecule has 0 amide bonds. The van der Waals surface area contributed by atoms with Gasteiger partial charge >= 0.3 is 0 Å². The van der Waals surface area contributed by atoms with Gasteiger partial charge in [0, 0.05) is 5.38 Å². The zero-order valence-electron chi connectivity index (χ0n) is 7.59. The van der Waals surface area contributed by atoms with E-state index in [1.54, 1.807) is 0 Å². The van der Waals surface area contributed by atoms with Gasteiger partial charge in [0.2, 0.25) is 0 Å². The van der Waals surface area contributed by atoms with Gasteiger partial charge < -0.3 is 0 Å².